The van der Waals surface area contributed by atoms with Gasteiger partial charge in [-0.05, 0) is 120 Å². The first-order chi connectivity index (χ1) is 35.3. The van der Waals surface area contributed by atoms with Crippen LogP contribution in [0.1, 0.15) is 26.3 Å². The SMILES string of the molecule is CC(C)(C)c1cc(Nc2c(-c3cccc(-c4ccccc4)c3)cccc2-c2cccc(-c3ccccc3)c2)cc(Nc2c(-c3cccc(-c4ccccc4)c3)cccc2-c2cccc(-c3ccccc3)c2)c1. The van der Waals surface area contributed by atoms with E-state index in [4.69, 9.17) is 0 Å². The summed E-state index contributed by atoms with van der Waals surface area (Å²) >= 11 is 0. The average Bonchev–Trinajstić information content (AvgIpc) is 3.44. The van der Waals surface area contributed by atoms with E-state index < -0.39 is 0 Å². The first kappa shape index (κ1) is 45.5. The van der Waals surface area contributed by atoms with Crippen LogP contribution in [0.4, 0.5) is 22.7 Å². The van der Waals surface area contributed by atoms with E-state index in [1.165, 1.54) is 50.1 Å². The van der Waals surface area contributed by atoms with Gasteiger partial charge in [0.2, 0.25) is 0 Å². The van der Waals surface area contributed by atoms with Gasteiger partial charge in [-0.1, -0.05) is 251 Å². The number of nitrogens with one attached hydrogen (secondary N) is 2. The predicted octanol–water partition coefficient (Wildman–Crippen LogP) is 19.8. The summed E-state index contributed by atoms with van der Waals surface area (Å²) in [6.45, 7) is 6.88. The second-order valence-electron chi connectivity index (χ2n) is 19.5. The molecule has 11 rings (SSSR count). The van der Waals surface area contributed by atoms with Gasteiger partial charge in [0.15, 0.2) is 0 Å². The number of anilines is 4. The Labute approximate surface area is 425 Å². The number of hydrogen-bond acceptors (Lipinski definition) is 2. The summed E-state index contributed by atoms with van der Waals surface area (Å²) in [6, 6.07) is 98.6. The third-order valence-electron chi connectivity index (χ3n) is 13.6. The van der Waals surface area contributed by atoms with Crippen molar-refractivity contribution in [2.45, 2.75) is 26.2 Å². The van der Waals surface area contributed by atoms with Crippen molar-refractivity contribution < 1.29 is 0 Å². The van der Waals surface area contributed by atoms with Crippen molar-refractivity contribution in [2.75, 3.05) is 10.6 Å². The minimum Gasteiger partial charge on any atom is -0.354 e. The van der Waals surface area contributed by atoms with Crippen LogP contribution in [0.15, 0.2) is 273 Å². The highest BCUT2D eigenvalue weighted by Crippen LogP contribution is 2.45. The number of hydrogen-bond donors (Lipinski definition) is 2. The maximum Gasteiger partial charge on any atom is 0.0543 e. The molecule has 11 aromatic carbocycles. The van der Waals surface area contributed by atoms with Gasteiger partial charge in [0.05, 0.1) is 11.4 Å². The lowest BCUT2D eigenvalue weighted by Crippen LogP contribution is -2.12. The quantitative estimate of drug-likeness (QED) is 0.128. The highest BCUT2D eigenvalue weighted by atomic mass is 14.9. The van der Waals surface area contributed by atoms with Crippen LogP contribution in [0.5, 0.6) is 0 Å². The van der Waals surface area contributed by atoms with Gasteiger partial charge in [0.1, 0.15) is 0 Å². The van der Waals surface area contributed by atoms with Crippen LogP contribution in [-0.2, 0) is 5.41 Å². The van der Waals surface area contributed by atoms with Crippen LogP contribution < -0.4 is 10.6 Å². The smallest absolute Gasteiger partial charge is 0.0543 e. The van der Waals surface area contributed by atoms with E-state index in [-0.39, 0.29) is 5.41 Å². The summed E-state index contributed by atoms with van der Waals surface area (Å²) in [7, 11) is 0. The number of rotatable bonds is 12. The lowest BCUT2D eigenvalue weighted by Gasteiger charge is -2.25. The Morgan fingerprint density at radius 2 is 0.458 bits per heavy atom. The molecule has 0 aliphatic carbocycles. The summed E-state index contributed by atoms with van der Waals surface area (Å²) in [4.78, 5) is 0. The van der Waals surface area contributed by atoms with Gasteiger partial charge >= 0.3 is 0 Å². The molecule has 0 saturated heterocycles. The zero-order valence-electron chi connectivity index (χ0n) is 41.0. The molecule has 2 nitrogen and oxygen atoms in total. The third-order valence-corrected chi connectivity index (χ3v) is 13.6. The molecule has 0 aliphatic rings. The second kappa shape index (κ2) is 20.2. The number of benzene rings is 11. The van der Waals surface area contributed by atoms with Gasteiger partial charge in [0.25, 0.3) is 0 Å². The Morgan fingerprint density at radius 1 is 0.222 bits per heavy atom. The molecule has 0 heterocycles. The van der Waals surface area contributed by atoms with E-state index in [0.717, 1.165) is 67.3 Å². The van der Waals surface area contributed by atoms with E-state index in [1.54, 1.807) is 0 Å². The van der Waals surface area contributed by atoms with Gasteiger partial charge < -0.3 is 10.6 Å². The van der Waals surface area contributed by atoms with Gasteiger partial charge in [-0.2, -0.15) is 0 Å². The summed E-state index contributed by atoms with van der Waals surface area (Å²) in [5.41, 5.74) is 23.6. The summed E-state index contributed by atoms with van der Waals surface area (Å²) in [6.07, 6.45) is 0. The third kappa shape index (κ3) is 9.90. The van der Waals surface area contributed by atoms with E-state index >= 15 is 0 Å². The zero-order chi connectivity index (χ0) is 48.9. The van der Waals surface area contributed by atoms with Crippen LogP contribution in [0, 0.1) is 0 Å². The maximum absolute atomic E-state index is 4.10. The molecule has 0 spiro atoms. The van der Waals surface area contributed by atoms with E-state index in [9.17, 15) is 0 Å². The molecular formula is C70H56N2. The maximum atomic E-state index is 4.10. The van der Waals surface area contributed by atoms with Crippen molar-refractivity contribution in [3.8, 4) is 89.0 Å². The normalized spacial score (nSPS) is 11.3. The fourth-order valence-corrected chi connectivity index (χ4v) is 9.82. The molecular weight excluding hydrogens is 869 g/mol. The molecule has 0 fully saturated rings. The summed E-state index contributed by atoms with van der Waals surface area (Å²) < 4.78 is 0. The Hall–Kier alpha value is -8.98. The molecule has 72 heavy (non-hydrogen) atoms. The molecule has 0 radical (unpaired) electrons. The summed E-state index contributed by atoms with van der Waals surface area (Å²) in [5, 5.41) is 8.20. The van der Waals surface area contributed by atoms with Crippen LogP contribution >= 0.6 is 0 Å². The molecule has 0 saturated carbocycles. The Balaban J connectivity index is 1.07. The number of para-hydroxylation sites is 2. The van der Waals surface area contributed by atoms with Crippen molar-refractivity contribution >= 4 is 22.7 Å². The molecule has 2 heteroatoms. The molecule has 11 aromatic rings. The van der Waals surface area contributed by atoms with Gasteiger partial charge in [-0.25, -0.2) is 0 Å². The summed E-state index contributed by atoms with van der Waals surface area (Å²) in [5.74, 6) is 0. The predicted molar refractivity (Wildman–Crippen MR) is 308 cm³/mol. The van der Waals surface area contributed by atoms with Crippen molar-refractivity contribution in [1.29, 1.82) is 0 Å². The monoisotopic (exact) mass is 924 g/mol. The van der Waals surface area contributed by atoms with E-state index in [1.807, 2.05) is 0 Å². The molecule has 0 bridgehead atoms. The van der Waals surface area contributed by atoms with Gasteiger partial charge in [0, 0.05) is 33.6 Å². The second-order valence-corrected chi connectivity index (χ2v) is 19.5. The highest BCUT2D eigenvalue weighted by Gasteiger charge is 2.21. The molecule has 0 amide bonds. The molecule has 0 aromatic heterocycles. The molecule has 346 valence electrons. The molecule has 2 N–H and O–H groups in total. The molecule has 0 unspecified atom stereocenters. The van der Waals surface area contributed by atoms with Crippen LogP contribution in [0.25, 0.3) is 89.0 Å². The van der Waals surface area contributed by atoms with E-state index in [0.29, 0.717) is 0 Å². The fourth-order valence-electron chi connectivity index (χ4n) is 9.82. The average molecular weight is 925 g/mol. The fraction of sp³-hybridized carbons (Fsp3) is 0.0571. The van der Waals surface area contributed by atoms with Crippen molar-refractivity contribution in [2.24, 2.45) is 0 Å². The topological polar surface area (TPSA) is 24.1 Å². The first-order valence-electron chi connectivity index (χ1n) is 24.9. The van der Waals surface area contributed by atoms with Crippen molar-refractivity contribution in [3.05, 3.63) is 279 Å². The van der Waals surface area contributed by atoms with Crippen molar-refractivity contribution in [1.82, 2.24) is 0 Å². The van der Waals surface area contributed by atoms with Crippen LogP contribution in [0.3, 0.4) is 0 Å². The Morgan fingerprint density at radius 3 is 0.722 bits per heavy atom. The lowest BCUT2D eigenvalue weighted by molar-refractivity contribution is 0.591. The lowest BCUT2D eigenvalue weighted by atomic mass is 9.86. The largest absolute Gasteiger partial charge is 0.354 e. The first-order valence-corrected chi connectivity index (χ1v) is 24.9. The Bertz CT molecular complexity index is 3210. The van der Waals surface area contributed by atoms with Gasteiger partial charge in [-0.3, -0.25) is 0 Å². The van der Waals surface area contributed by atoms with Crippen LogP contribution in [-0.4, -0.2) is 0 Å². The standard InChI is InChI=1S/C70H56N2/c1-70(2,3)61-46-62(71-68-64(57-34-16-30-53(42-57)49-22-8-4-9-23-49)38-20-39-65(68)58-35-17-31-54(43-58)50-24-10-5-11-25-50)48-63(47-61)72-69-66(59-36-18-32-55(44-59)51-26-12-6-13-27-51)40-21-41-67(69)60-37-19-33-56(45-60)52-28-14-7-15-29-52/h4-48,71-72H,1-3H3. The van der Waals surface area contributed by atoms with Gasteiger partial charge in [-0.15, -0.1) is 0 Å². The molecule has 0 atom stereocenters. The molecule has 0 aliphatic heterocycles. The van der Waals surface area contributed by atoms with Crippen molar-refractivity contribution in [3.63, 3.8) is 0 Å². The van der Waals surface area contributed by atoms with Crippen LogP contribution in [0.2, 0.25) is 0 Å². The minimum atomic E-state index is -0.166. The zero-order valence-corrected chi connectivity index (χ0v) is 41.0. The highest BCUT2D eigenvalue weighted by molar-refractivity contribution is 5.97. The minimum absolute atomic E-state index is 0.166. The van der Waals surface area contributed by atoms with E-state index in [2.05, 4.69) is 304 Å². The Kier molecular flexibility index (Phi) is 12.7.